The van der Waals surface area contributed by atoms with Gasteiger partial charge in [0.2, 0.25) is 0 Å². The van der Waals surface area contributed by atoms with Crippen LogP contribution in [0.2, 0.25) is 0 Å². The Bertz CT molecular complexity index is 393. The van der Waals surface area contributed by atoms with Crippen LogP contribution in [0, 0.1) is 34.0 Å². The average Bonchev–Trinajstić information content (AvgIpc) is 2.26. The van der Waals surface area contributed by atoms with Crippen LogP contribution in [-0.4, -0.2) is 11.1 Å². The lowest BCUT2D eigenvalue weighted by Gasteiger charge is -2.67. The van der Waals surface area contributed by atoms with E-state index in [9.17, 15) is 9.90 Å². The number of hydrogen-bond donors (Lipinski definition) is 1. The van der Waals surface area contributed by atoms with Gasteiger partial charge >= 0.3 is 5.97 Å². The van der Waals surface area contributed by atoms with Crippen molar-refractivity contribution in [3.8, 4) is 0 Å². The van der Waals surface area contributed by atoms with Gasteiger partial charge in [-0.2, -0.15) is 0 Å². The van der Waals surface area contributed by atoms with E-state index in [1.54, 1.807) is 0 Å². The average molecular weight is 264 g/mol. The van der Waals surface area contributed by atoms with Crippen molar-refractivity contribution in [2.24, 2.45) is 34.0 Å². The third-order valence-corrected chi connectivity index (χ3v) is 7.19. The van der Waals surface area contributed by atoms with E-state index in [1.165, 1.54) is 19.3 Å². The summed E-state index contributed by atoms with van der Waals surface area (Å²) in [5.41, 5.74) is -0.0606. The number of aliphatic carboxylic acids is 1. The van der Waals surface area contributed by atoms with Gasteiger partial charge in [-0.15, -0.1) is 0 Å². The van der Waals surface area contributed by atoms with Crippen LogP contribution in [0.3, 0.4) is 0 Å². The van der Waals surface area contributed by atoms with Crippen LogP contribution in [-0.2, 0) is 4.79 Å². The molecule has 4 saturated carbocycles. The standard InChI is InChI=1S/C17H28O2/c1-11(2)16-6-12-5-13(7-16)9-17(8-12,10-16)15(3,4)14(18)19/h11-13H,5-10H2,1-4H3,(H,18,19). The van der Waals surface area contributed by atoms with Crippen LogP contribution in [0.4, 0.5) is 0 Å². The summed E-state index contributed by atoms with van der Waals surface area (Å²) in [6.45, 7) is 8.68. The predicted molar refractivity (Wildman–Crippen MR) is 75.8 cm³/mol. The fourth-order valence-corrected chi connectivity index (χ4v) is 5.97. The molecule has 0 aromatic rings. The van der Waals surface area contributed by atoms with Crippen molar-refractivity contribution in [1.82, 2.24) is 0 Å². The molecule has 0 amide bonds. The maximum absolute atomic E-state index is 11.8. The van der Waals surface area contributed by atoms with Gasteiger partial charge in [-0.25, -0.2) is 0 Å². The smallest absolute Gasteiger partial charge is 0.309 e. The minimum absolute atomic E-state index is 0.0627. The summed E-state index contributed by atoms with van der Waals surface area (Å²) < 4.78 is 0. The van der Waals surface area contributed by atoms with Gasteiger partial charge < -0.3 is 5.11 Å². The molecule has 4 bridgehead atoms. The molecule has 0 radical (unpaired) electrons. The summed E-state index contributed by atoms with van der Waals surface area (Å²) in [6, 6.07) is 0. The highest BCUT2D eigenvalue weighted by molar-refractivity contribution is 5.75. The lowest BCUT2D eigenvalue weighted by Crippen LogP contribution is -2.60. The SMILES string of the molecule is CC(C)C12CC3CC(C1)CC(C(C)(C)C(=O)O)(C3)C2. The number of hydrogen-bond acceptors (Lipinski definition) is 1. The zero-order chi connectivity index (χ0) is 14.1. The highest BCUT2D eigenvalue weighted by Gasteiger charge is 2.64. The van der Waals surface area contributed by atoms with E-state index in [-0.39, 0.29) is 5.41 Å². The van der Waals surface area contributed by atoms with Crippen molar-refractivity contribution in [3.63, 3.8) is 0 Å². The molecule has 4 aliphatic carbocycles. The quantitative estimate of drug-likeness (QED) is 0.823. The van der Waals surface area contributed by atoms with Crippen molar-refractivity contribution in [1.29, 1.82) is 0 Å². The van der Waals surface area contributed by atoms with E-state index >= 15 is 0 Å². The maximum atomic E-state index is 11.8. The Morgan fingerprint density at radius 2 is 1.68 bits per heavy atom. The minimum Gasteiger partial charge on any atom is -0.481 e. The second kappa shape index (κ2) is 3.77. The van der Waals surface area contributed by atoms with Gasteiger partial charge in [-0.3, -0.25) is 4.79 Å². The Morgan fingerprint density at radius 3 is 2.11 bits per heavy atom. The Hall–Kier alpha value is -0.530. The molecule has 4 fully saturated rings. The summed E-state index contributed by atoms with van der Waals surface area (Å²) in [7, 11) is 0. The van der Waals surface area contributed by atoms with Crippen LogP contribution in [0.15, 0.2) is 0 Å². The largest absolute Gasteiger partial charge is 0.481 e. The molecule has 4 rings (SSSR count). The molecule has 19 heavy (non-hydrogen) atoms. The molecular weight excluding hydrogens is 236 g/mol. The van der Waals surface area contributed by atoms with Crippen LogP contribution in [0.5, 0.6) is 0 Å². The molecule has 2 atom stereocenters. The lowest BCUT2D eigenvalue weighted by atomic mass is 9.37. The second-order valence-electron chi connectivity index (χ2n) is 8.69. The number of carboxylic acid groups (broad SMARTS) is 1. The highest BCUT2D eigenvalue weighted by atomic mass is 16.4. The molecule has 2 heteroatoms. The van der Waals surface area contributed by atoms with Gasteiger partial charge in [0.15, 0.2) is 0 Å². The molecule has 1 N–H and O–H groups in total. The molecule has 2 unspecified atom stereocenters. The summed E-state index contributed by atoms with van der Waals surface area (Å²) >= 11 is 0. The first-order valence-electron chi connectivity index (χ1n) is 7.94. The van der Waals surface area contributed by atoms with Gasteiger partial charge in [0, 0.05) is 0 Å². The number of rotatable bonds is 3. The molecule has 4 aliphatic rings. The molecule has 108 valence electrons. The molecule has 0 aliphatic heterocycles. The highest BCUT2D eigenvalue weighted by Crippen LogP contribution is 2.71. The van der Waals surface area contributed by atoms with Crippen LogP contribution >= 0.6 is 0 Å². The van der Waals surface area contributed by atoms with Crippen LogP contribution < -0.4 is 0 Å². The fraction of sp³-hybridized carbons (Fsp3) is 0.941. The second-order valence-corrected chi connectivity index (χ2v) is 8.69. The van der Waals surface area contributed by atoms with E-state index < -0.39 is 11.4 Å². The Labute approximate surface area is 117 Å². The fourth-order valence-electron chi connectivity index (χ4n) is 5.97. The van der Waals surface area contributed by atoms with Crippen LogP contribution in [0.1, 0.15) is 66.2 Å². The first-order valence-corrected chi connectivity index (χ1v) is 7.94. The molecule has 0 heterocycles. The molecule has 0 saturated heterocycles. The van der Waals surface area contributed by atoms with Gasteiger partial charge in [0.1, 0.15) is 0 Å². The zero-order valence-electron chi connectivity index (χ0n) is 12.8. The first kappa shape index (κ1) is 13.5. The molecule has 0 aromatic heterocycles. The van der Waals surface area contributed by atoms with Crippen molar-refractivity contribution in [2.75, 3.05) is 0 Å². The van der Waals surface area contributed by atoms with E-state index in [4.69, 9.17) is 0 Å². The number of carboxylic acids is 1. The first-order chi connectivity index (χ1) is 8.71. The van der Waals surface area contributed by atoms with Crippen molar-refractivity contribution >= 4 is 5.97 Å². The van der Waals surface area contributed by atoms with Crippen molar-refractivity contribution < 1.29 is 9.90 Å². The summed E-state index contributed by atoms with van der Waals surface area (Å²) in [6.07, 6.45) is 7.57. The zero-order valence-corrected chi connectivity index (χ0v) is 12.8. The summed E-state index contributed by atoms with van der Waals surface area (Å²) in [5.74, 6) is 1.69. The van der Waals surface area contributed by atoms with Gasteiger partial charge in [-0.1, -0.05) is 13.8 Å². The number of carbonyl (C=O) groups is 1. The lowest BCUT2D eigenvalue weighted by molar-refractivity contribution is -0.194. The predicted octanol–water partition coefficient (Wildman–Crippen LogP) is 4.34. The molecule has 0 aromatic carbocycles. The van der Waals surface area contributed by atoms with E-state index in [0.717, 1.165) is 31.1 Å². The topological polar surface area (TPSA) is 37.3 Å². The minimum atomic E-state index is -0.589. The van der Waals surface area contributed by atoms with Crippen molar-refractivity contribution in [3.05, 3.63) is 0 Å². The molecule has 0 spiro atoms. The monoisotopic (exact) mass is 264 g/mol. The maximum Gasteiger partial charge on any atom is 0.309 e. The van der Waals surface area contributed by atoms with Crippen molar-refractivity contribution in [2.45, 2.75) is 66.2 Å². The Kier molecular flexibility index (Phi) is 2.67. The summed E-state index contributed by atoms with van der Waals surface area (Å²) in [5, 5.41) is 9.72. The Morgan fingerprint density at radius 1 is 1.16 bits per heavy atom. The third kappa shape index (κ3) is 1.64. The third-order valence-electron chi connectivity index (χ3n) is 7.19. The van der Waals surface area contributed by atoms with E-state index in [1.807, 2.05) is 13.8 Å². The van der Waals surface area contributed by atoms with E-state index in [2.05, 4.69) is 13.8 Å². The molecule has 2 nitrogen and oxygen atoms in total. The van der Waals surface area contributed by atoms with Crippen LogP contribution in [0.25, 0.3) is 0 Å². The van der Waals surface area contributed by atoms with E-state index in [0.29, 0.717) is 11.3 Å². The Balaban J connectivity index is 2.03. The van der Waals surface area contributed by atoms with Gasteiger partial charge in [-0.05, 0) is 81.0 Å². The molecular formula is C17H28O2. The van der Waals surface area contributed by atoms with Gasteiger partial charge in [0.25, 0.3) is 0 Å². The summed E-state index contributed by atoms with van der Waals surface area (Å²) in [4.78, 5) is 11.8. The normalized spacial score (nSPS) is 44.9. The van der Waals surface area contributed by atoms with Gasteiger partial charge in [0.05, 0.1) is 5.41 Å².